The number of carbonyl (C=O) groups excluding carboxylic acids is 3. The maximum atomic E-state index is 13.4. The summed E-state index contributed by atoms with van der Waals surface area (Å²) in [4.78, 5) is 36.5. The molecule has 124 valence electrons. The van der Waals surface area contributed by atoms with Gasteiger partial charge in [0.15, 0.2) is 0 Å². The molecule has 23 heavy (non-hydrogen) atoms. The fourth-order valence-corrected chi connectivity index (χ4v) is 3.40. The summed E-state index contributed by atoms with van der Waals surface area (Å²) < 4.78 is 13.4. The number of amides is 3. The van der Waals surface area contributed by atoms with E-state index in [-0.39, 0.29) is 29.1 Å². The molecule has 0 spiro atoms. The third-order valence-corrected chi connectivity index (χ3v) is 4.93. The minimum absolute atomic E-state index is 0.0114. The molecule has 1 aliphatic rings. The monoisotopic (exact) mass is 357 g/mol. The first-order valence-electron chi connectivity index (χ1n) is 6.93. The van der Waals surface area contributed by atoms with E-state index in [0.717, 1.165) is 17.5 Å². The lowest BCUT2D eigenvalue weighted by Crippen LogP contribution is -2.43. The van der Waals surface area contributed by atoms with Crippen LogP contribution in [0.4, 0.5) is 9.18 Å². The molecule has 9 heteroatoms. The van der Waals surface area contributed by atoms with Crippen molar-refractivity contribution in [1.29, 1.82) is 0 Å². The number of carbonyl (C=O) groups is 3. The van der Waals surface area contributed by atoms with Crippen LogP contribution in [0, 0.1) is 5.82 Å². The van der Waals surface area contributed by atoms with Crippen molar-refractivity contribution in [3.05, 3.63) is 30.1 Å². The van der Waals surface area contributed by atoms with Gasteiger partial charge in [0.05, 0.1) is 5.75 Å². The maximum Gasteiger partial charge on any atom is 0.281 e. The average molecular weight is 357 g/mol. The molecule has 0 aliphatic carbocycles. The molecule has 2 N–H and O–H groups in total. The molecule has 1 heterocycles. The van der Waals surface area contributed by atoms with Gasteiger partial charge in [0.1, 0.15) is 5.82 Å². The molecule has 2 rings (SSSR count). The van der Waals surface area contributed by atoms with Crippen molar-refractivity contribution in [3.63, 3.8) is 0 Å². The molecule has 0 radical (unpaired) electrons. The Kier molecular flexibility index (Phi) is 6.72. The first-order valence-corrected chi connectivity index (χ1v) is 8.90. The summed E-state index contributed by atoms with van der Waals surface area (Å²) >= 11 is 2.28. The maximum absolute atomic E-state index is 13.4. The Hall–Kier alpha value is -1.74. The molecule has 0 aromatic heterocycles. The SMILES string of the molecule is O=C(CCN1CCSC1=O)NNC(=O)CSc1ccccc1F. The van der Waals surface area contributed by atoms with Crippen molar-refractivity contribution >= 4 is 40.6 Å². The Morgan fingerprint density at radius 2 is 2.00 bits per heavy atom. The lowest BCUT2D eigenvalue weighted by Gasteiger charge is -2.14. The van der Waals surface area contributed by atoms with E-state index in [4.69, 9.17) is 0 Å². The molecular formula is C14H16FN3O3S2. The highest BCUT2D eigenvalue weighted by Crippen LogP contribution is 2.20. The van der Waals surface area contributed by atoms with Crippen LogP contribution in [0.1, 0.15) is 6.42 Å². The topological polar surface area (TPSA) is 78.5 Å². The molecule has 0 unspecified atom stereocenters. The molecule has 0 saturated carbocycles. The normalized spacial score (nSPS) is 14.0. The van der Waals surface area contributed by atoms with Crippen molar-refractivity contribution in [2.45, 2.75) is 11.3 Å². The number of rotatable bonds is 6. The predicted octanol–water partition coefficient (Wildman–Crippen LogP) is 1.62. The lowest BCUT2D eigenvalue weighted by molar-refractivity contribution is -0.127. The van der Waals surface area contributed by atoms with E-state index in [0.29, 0.717) is 18.0 Å². The van der Waals surface area contributed by atoms with E-state index < -0.39 is 5.91 Å². The smallest absolute Gasteiger partial charge is 0.281 e. The zero-order valence-corrected chi connectivity index (χ0v) is 13.8. The van der Waals surface area contributed by atoms with Crippen molar-refractivity contribution < 1.29 is 18.8 Å². The van der Waals surface area contributed by atoms with Gasteiger partial charge in [-0.3, -0.25) is 25.2 Å². The van der Waals surface area contributed by atoms with Crippen molar-refractivity contribution in [2.75, 3.05) is 24.6 Å². The van der Waals surface area contributed by atoms with Crippen LogP contribution in [0.25, 0.3) is 0 Å². The summed E-state index contributed by atoms with van der Waals surface area (Å²) in [7, 11) is 0. The Labute approximate surface area is 141 Å². The Bertz CT molecular complexity index is 600. The Morgan fingerprint density at radius 1 is 1.26 bits per heavy atom. The molecule has 1 aliphatic heterocycles. The van der Waals surface area contributed by atoms with Gasteiger partial charge in [-0.15, -0.1) is 11.8 Å². The van der Waals surface area contributed by atoms with Crippen LogP contribution in [0.2, 0.25) is 0 Å². The van der Waals surface area contributed by atoms with Crippen LogP contribution >= 0.6 is 23.5 Å². The molecule has 1 aromatic carbocycles. The summed E-state index contributed by atoms with van der Waals surface area (Å²) in [6.07, 6.45) is 0.118. The largest absolute Gasteiger partial charge is 0.332 e. The lowest BCUT2D eigenvalue weighted by atomic mass is 10.3. The van der Waals surface area contributed by atoms with Crippen LogP contribution < -0.4 is 10.9 Å². The van der Waals surface area contributed by atoms with Crippen LogP contribution in [-0.2, 0) is 9.59 Å². The van der Waals surface area contributed by atoms with E-state index >= 15 is 0 Å². The number of hydrazine groups is 1. The van der Waals surface area contributed by atoms with Gasteiger partial charge in [0.25, 0.3) is 5.24 Å². The summed E-state index contributed by atoms with van der Waals surface area (Å²) in [5, 5.41) is -0.0249. The molecule has 6 nitrogen and oxygen atoms in total. The third kappa shape index (κ3) is 5.76. The van der Waals surface area contributed by atoms with Gasteiger partial charge in [-0.25, -0.2) is 4.39 Å². The van der Waals surface area contributed by atoms with Gasteiger partial charge in [-0.1, -0.05) is 23.9 Å². The number of nitrogens with one attached hydrogen (secondary N) is 2. The van der Waals surface area contributed by atoms with Gasteiger partial charge in [0.2, 0.25) is 11.8 Å². The highest BCUT2D eigenvalue weighted by Gasteiger charge is 2.21. The fraction of sp³-hybridized carbons (Fsp3) is 0.357. The number of hydrogen-bond donors (Lipinski definition) is 2. The highest BCUT2D eigenvalue weighted by atomic mass is 32.2. The second-order valence-corrected chi connectivity index (χ2v) is 6.73. The number of hydrogen-bond acceptors (Lipinski definition) is 5. The van der Waals surface area contributed by atoms with Crippen LogP contribution in [0.5, 0.6) is 0 Å². The standard InChI is InChI=1S/C14H16FN3O3S2/c15-10-3-1-2-4-11(10)23-9-13(20)17-16-12(19)5-6-18-7-8-22-14(18)21/h1-4H,5-9H2,(H,16,19)(H,17,20). The zero-order chi connectivity index (χ0) is 16.7. The predicted molar refractivity (Wildman–Crippen MR) is 87.5 cm³/mol. The summed E-state index contributed by atoms with van der Waals surface area (Å²) in [6, 6.07) is 6.16. The van der Waals surface area contributed by atoms with E-state index in [1.807, 2.05) is 0 Å². The summed E-state index contributed by atoms with van der Waals surface area (Å²) in [5.74, 6) is -0.465. The molecule has 3 amide bonds. The third-order valence-electron chi connectivity index (χ3n) is 2.99. The fourth-order valence-electron chi connectivity index (χ4n) is 1.81. The van der Waals surface area contributed by atoms with Crippen molar-refractivity contribution in [1.82, 2.24) is 15.8 Å². The van der Waals surface area contributed by atoms with Crippen molar-refractivity contribution in [3.8, 4) is 0 Å². The average Bonchev–Trinajstić information content (AvgIpc) is 2.95. The van der Waals surface area contributed by atoms with Gasteiger partial charge >= 0.3 is 0 Å². The first-order chi connectivity index (χ1) is 11.1. The number of nitrogens with zero attached hydrogens (tertiary/aromatic N) is 1. The zero-order valence-electron chi connectivity index (χ0n) is 12.2. The number of halogens is 1. The first kappa shape index (κ1) is 17.6. The van der Waals surface area contributed by atoms with Gasteiger partial charge in [-0.2, -0.15) is 0 Å². The van der Waals surface area contributed by atoms with E-state index in [2.05, 4.69) is 10.9 Å². The second kappa shape index (κ2) is 8.78. The second-order valence-electron chi connectivity index (χ2n) is 4.67. The molecule has 0 bridgehead atoms. The van der Waals surface area contributed by atoms with Crippen molar-refractivity contribution in [2.24, 2.45) is 0 Å². The van der Waals surface area contributed by atoms with Crippen LogP contribution in [0.3, 0.4) is 0 Å². The molecule has 1 fully saturated rings. The molecule has 1 aromatic rings. The minimum Gasteiger partial charge on any atom is -0.332 e. The van der Waals surface area contributed by atoms with E-state index in [9.17, 15) is 18.8 Å². The van der Waals surface area contributed by atoms with Gasteiger partial charge in [0, 0.05) is 30.2 Å². The van der Waals surface area contributed by atoms with Crippen LogP contribution in [-0.4, -0.2) is 46.5 Å². The minimum atomic E-state index is -0.431. The Morgan fingerprint density at radius 3 is 2.70 bits per heavy atom. The number of thioether (sulfide) groups is 2. The Balaban J connectivity index is 1.63. The highest BCUT2D eigenvalue weighted by molar-refractivity contribution is 8.13. The summed E-state index contributed by atoms with van der Waals surface area (Å²) in [6.45, 7) is 0.972. The summed E-state index contributed by atoms with van der Waals surface area (Å²) in [5.41, 5.74) is 4.55. The van der Waals surface area contributed by atoms with Crippen LogP contribution in [0.15, 0.2) is 29.2 Å². The van der Waals surface area contributed by atoms with E-state index in [1.54, 1.807) is 23.1 Å². The quantitative estimate of drug-likeness (QED) is 0.598. The number of benzene rings is 1. The molecule has 1 saturated heterocycles. The molecule has 0 atom stereocenters. The molecular weight excluding hydrogens is 341 g/mol. The van der Waals surface area contributed by atoms with Gasteiger partial charge < -0.3 is 4.90 Å². The van der Waals surface area contributed by atoms with Gasteiger partial charge in [-0.05, 0) is 12.1 Å². The van der Waals surface area contributed by atoms with E-state index in [1.165, 1.54) is 17.8 Å².